The number of H-pyrrole nitrogens is 1. The molecular weight excluding hydrogens is 338 g/mol. The zero-order chi connectivity index (χ0) is 13.9. The standard InChI is InChI=1S/C15H11BrClN3/c16-11-1-6-15-14(7-11)10(8-18-15)9-19-20-13-4-2-12(17)3-5-13/h1-9,18,20H. The largest absolute Gasteiger partial charge is 0.361 e. The Morgan fingerprint density at radius 3 is 2.75 bits per heavy atom. The molecule has 3 nitrogen and oxygen atoms in total. The number of halogens is 2. The van der Waals surface area contributed by atoms with Crippen molar-refractivity contribution < 1.29 is 0 Å². The molecular formula is C15H11BrClN3. The van der Waals surface area contributed by atoms with E-state index in [1.165, 1.54) is 0 Å². The first kappa shape index (κ1) is 13.2. The summed E-state index contributed by atoms with van der Waals surface area (Å²) in [6, 6.07) is 13.5. The summed E-state index contributed by atoms with van der Waals surface area (Å²) < 4.78 is 1.05. The number of hydrazone groups is 1. The van der Waals surface area contributed by atoms with Gasteiger partial charge in [-0.2, -0.15) is 5.10 Å². The second-order valence-corrected chi connectivity index (χ2v) is 5.66. The molecule has 0 aliphatic carbocycles. The fraction of sp³-hybridized carbons (Fsp3) is 0. The summed E-state index contributed by atoms with van der Waals surface area (Å²) in [5.41, 5.74) is 5.98. The fourth-order valence-corrected chi connectivity index (χ4v) is 2.41. The van der Waals surface area contributed by atoms with E-state index in [-0.39, 0.29) is 0 Å². The van der Waals surface area contributed by atoms with Gasteiger partial charge in [0.05, 0.1) is 11.9 Å². The predicted octanol–water partition coefficient (Wildman–Crippen LogP) is 5.03. The van der Waals surface area contributed by atoms with Crippen LogP contribution in [0.5, 0.6) is 0 Å². The van der Waals surface area contributed by atoms with Crippen molar-refractivity contribution in [2.75, 3.05) is 5.43 Å². The maximum Gasteiger partial charge on any atom is 0.0566 e. The average Bonchev–Trinajstić information content (AvgIpc) is 2.84. The molecule has 3 rings (SSSR count). The van der Waals surface area contributed by atoms with Crippen LogP contribution in [0, 0.1) is 0 Å². The number of aromatic nitrogens is 1. The van der Waals surface area contributed by atoms with Gasteiger partial charge in [0.1, 0.15) is 0 Å². The van der Waals surface area contributed by atoms with Gasteiger partial charge in [-0.05, 0) is 42.5 Å². The van der Waals surface area contributed by atoms with Gasteiger partial charge in [0.25, 0.3) is 0 Å². The fourth-order valence-electron chi connectivity index (χ4n) is 1.92. The quantitative estimate of drug-likeness (QED) is 0.506. The Kier molecular flexibility index (Phi) is 3.76. The number of aromatic amines is 1. The third-order valence-electron chi connectivity index (χ3n) is 2.92. The molecule has 0 spiro atoms. The van der Waals surface area contributed by atoms with Gasteiger partial charge in [-0.1, -0.05) is 27.5 Å². The summed E-state index contributed by atoms with van der Waals surface area (Å²) >= 11 is 9.31. The van der Waals surface area contributed by atoms with Crippen LogP contribution in [-0.2, 0) is 0 Å². The molecule has 0 aliphatic rings. The van der Waals surface area contributed by atoms with Gasteiger partial charge >= 0.3 is 0 Å². The molecule has 5 heteroatoms. The number of fused-ring (bicyclic) bond motifs is 1. The first-order valence-corrected chi connectivity index (χ1v) is 7.21. The number of nitrogens with one attached hydrogen (secondary N) is 2. The van der Waals surface area contributed by atoms with Gasteiger partial charge in [0.15, 0.2) is 0 Å². The van der Waals surface area contributed by atoms with Crippen LogP contribution in [0.25, 0.3) is 10.9 Å². The Labute approximate surface area is 129 Å². The molecule has 0 bridgehead atoms. The lowest BCUT2D eigenvalue weighted by molar-refractivity contribution is 1.35. The molecule has 0 aliphatic heterocycles. The molecule has 0 amide bonds. The highest BCUT2D eigenvalue weighted by atomic mass is 79.9. The van der Waals surface area contributed by atoms with Crippen molar-refractivity contribution in [3.8, 4) is 0 Å². The Morgan fingerprint density at radius 1 is 1.15 bits per heavy atom. The summed E-state index contributed by atoms with van der Waals surface area (Å²) in [6.45, 7) is 0. The minimum Gasteiger partial charge on any atom is -0.361 e. The molecule has 0 radical (unpaired) electrons. The minimum absolute atomic E-state index is 0.709. The highest BCUT2D eigenvalue weighted by Gasteiger charge is 2.01. The zero-order valence-electron chi connectivity index (χ0n) is 10.4. The van der Waals surface area contributed by atoms with Crippen molar-refractivity contribution in [2.45, 2.75) is 0 Å². The van der Waals surface area contributed by atoms with E-state index in [1.54, 1.807) is 6.21 Å². The summed E-state index contributed by atoms with van der Waals surface area (Å²) in [6.07, 6.45) is 3.73. The van der Waals surface area contributed by atoms with Gasteiger partial charge in [-0.25, -0.2) is 0 Å². The van der Waals surface area contributed by atoms with Crippen molar-refractivity contribution in [3.63, 3.8) is 0 Å². The van der Waals surface area contributed by atoms with E-state index in [0.717, 1.165) is 26.6 Å². The van der Waals surface area contributed by atoms with Crippen LogP contribution in [-0.4, -0.2) is 11.2 Å². The lowest BCUT2D eigenvalue weighted by Gasteiger charge is -1.99. The maximum atomic E-state index is 5.83. The molecule has 100 valence electrons. The summed E-state index contributed by atoms with van der Waals surface area (Å²) in [5.74, 6) is 0. The predicted molar refractivity (Wildman–Crippen MR) is 88.7 cm³/mol. The van der Waals surface area contributed by atoms with E-state index in [4.69, 9.17) is 11.6 Å². The number of rotatable bonds is 3. The summed E-state index contributed by atoms with van der Waals surface area (Å²) in [7, 11) is 0. The molecule has 0 saturated heterocycles. The molecule has 2 N–H and O–H groups in total. The van der Waals surface area contributed by atoms with Gasteiger partial charge in [0, 0.05) is 32.2 Å². The topological polar surface area (TPSA) is 40.2 Å². The second-order valence-electron chi connectivity index (χ2n) is 4.31. The summed E-state index contributed by atoms with van der Waals surface area (Å²) in [5, 5.41) is 6.08. The first-order chi connectivity index (χ1) is 9.72. The normalized spacial score (nSPS) is 11.3. The number of hydrogen-bond acceptors (Lipinski definition) is 2. The molecule has 0 atom stereocenters. The van der Waals surface area contributed by atoms with Crippen molar-refractivity contribution in [1.29, 1.82) is 0 Å². The van der Waals surface area contributed by atoms with Gasteiger partial charge in [0.2, 0.25) is 0 Å². The van der Waals surface area contributed by atoms with Crippen LogP contribution in [0.3, 0.4) is 0 Å². The Morgan fingerprint density at radius 2 is 1.95 bits per heavy atom. The van der Waals surface area contributed by atoms with Crippen molar-refractivity contribution in [3.05, 3.63) is 63.7 Å². The molecule has 0 saturated carbocycles. The van der Waals surface area contributed by atoms with Crippen LogP contribution in [0.1, 0.15) is 5.56 Å². The first-order valence-electron chi connectivity index (χ1n) is 6.04. The maximum absolute atomic E-state index is 5.83. The molecule has 2 aromatic carbocycles. The molecule has 3 aromatic rings. The van der Waals surface area contributed by atoms with E-state index in [1.807, 2.05) is 42.6 Å². The molecule has 1 heterocycles. The van der Waals surface area contributed by atoms with E-state index in [9.17, 15) is 0 Å². The van der Waals surface area contributed by atoms with Crippen molar-refractivity contribution in [2.24, 2.45) is 5.10 Å². The Balaban J connectivity index is 1.80. The Hall–Kier alpha value is -1.78. The number of anilines is 1. The van der Waals surface area contributed by atoms with Crippen molar-refractivity contribution >= 4 is 50.3 Å². The van der Waals surface area contributed by atoms with Crippen LogP contribution in [0.4, 0.5) is 5.69 Å². The molecule has 1 aromatic heterocycles. The Bertz CT molecular complexity index is 762. The lowest BCUT2D eigenvalue weighted by atomic mass is 10.2. The van der Waals surface area contributed by atoms with Crippen LogP contribution in [0.15, 0.2) is 58.2 Å². The van der Waals surface area contributed by atoms with Crippen LogP contribution in [0.2, 0.25) is 5.02 Å². The molecule has 0 unspecified atom stereocenters. The van der Waals surface area contributed by atoms with E-state index in [2.05, 4.69) is 37.5 Å². The summed E-state index contributed by atoms with van der Waals surface area (Å²) in [4.78, 5) is 3.21. The third-order valence-corrected chi connectivity index (χ3v) is 3.66. The molecule has 20 heavy (non-hydrogen) atoms. The van der Waals surface area contributed by atoms with E-state index in [0.29, 0.717) is 5.02 Å². The lowest BCUT2D eigenvalue weighted by Crippen LogP contribution is -1.89. The number of benzene rings is 2. The van der Waals surface area contributed by atoms with Gasteiger partial charge < -0.3 is 4.98 Å². The van der Waals surface area contributed by atoms with E-state index < -0.39 is 0 Å². The highest BCUT2D eigenvalue weighted by molar-refractivity contribution is 9.10. The van der Waals surface area contributed by atoms with Crippen molar-refractivity contribution in [1.82, 2.24) is 4.98 Å². The monoisotopic (exact) mass is 347 g/mol. The van der Waals surface area contributed by atoms with E-state index >= 15 is 0 Å². The van der Waals surface area contributed by atoms with Gasteiger partial charge in [-0.3, -0.25) is 5.43 Å². The SMILES string of the molecule is Clc1ccc(NN=Cc2c[nH]c3ccc(Br)cc23)cc1. The minimum atomic E-state index is 0.709. The number of nitrogens with zero attached hydrogens (tertiary/aromatic N) is 1. The van der Waals surface area contributed by atoms with Gasteiger partial charge in [-0.15, -0.1) is 0 Å². The zero-order valence-corrected chi connectivity index (χ0v) is 12.7. The number of hydrogen-bond donors (Lipinski definition) is 2. The smallest absolute Gasteiger partial charge is 0.0566 e. The van der Waals surface area contributed by atoms with Crippen LogP contribution < -0.4 is 5.43 Å². The third kappa shape index (κ3) is 2.86. The molecule has 0 fully saturated rings. The second kappa shape index (κ2) is 5.69. The van der Waals surface area contributed by atoms with Crippen LogP contribution >= 0.6 is 27.5 Å². The highest BCUT2D eigenvalue weighted by Crippen LogP contribution is 2.21. The average molecular weight is 349 g/mol.